The third-order valence-electron chi connectivity index (χ3n) is 3.38. The molecule has 2 unspecified atom stereocenters. The van der Waals surface area contributed by atoms with Crippen molar-refractivity contribution in [3.63, 3.8) is 0 Å². The van der Waals surface area contributed by atoms with Crippen LogP contribution in [-0.2, 0) is 9.59 Å². The molecule has 2 amide bonds. The number of nitrogens with one attached hydrogen (secondary N) is 1. The number of hydrogen-bond acceptors (Lipinski definition) is 3. The van der Waals surface area contributed by atoms with Crippen molar-refractivity contribution in [3.05, 3.63) is 0 Å². The zero-order valence-corrected chi connectivity index (χ0v) is 10.7. The first-order valence-electron chi connectivity index (χ1n) is 6.30. The normalized spacial score (nSPS) is 22.4. The Morgan fingerprint density at radius 2 is 2.35 bits per heavy atom. The van der Waals surface area contributed by atoms with Gasteiger partial charge >= 0.3 is 0 Å². The Bertz CT molecular complexity index is 277. The van der Waals surface area contributed by atoms with Crippen molar-refractivity contribution in [1.82, 2.24) is 10.2 Å². The molecule has 3 N–H and O–H groups in total. The molecule has 5 nitrogen and oxygen atoms in total. The van der Waals surface area contributed by atoms with Crippen molar-refractivity contribution >= 4 is 11.8 Å². The number of nitrogens with zero attached hydrogens (tertiary/aromatic N) is 1. The number of carbonyl (C=O) groups is 2. The summed E-state index contributed by atoms with van der Waals surface area (Å²) in [6.07, 6.45) is 2.68. The van der Waals surface area contributed by atoms with Crippen LogP contribution >= 0.6 is 0 Å². The quantitative estimate of drug-likeness (QED) is 0.716. The summed E-state index contributed by atoms with van der Waals surface area (Å²) in [7, 11) is 1.77. The van der Waals surface area contributed by atoms with E-state index in [-0.39, 0.29) is 23.8 Å². The highest BCUT2D eigenvalue weighted by Crippen LogP contribution is 2.11. The Hall–Kier alpha value is -1.10. The number of hydrogen-bond donors (Lipinski definition) is 2. The number of likely N-dealkylation sites (N-methyl/N-ethyl adjacent to an activating group) is 1. The van der Waals surface area contributed by atoms with E-state index in [0.29, 0.717) is 25.9 Å². The van der Waals surface area contributed by atoms with Gasteiger partial charge in [-0.25, -0.2) is 0 Å². The summed E-state index contributed by atoms with van der Waals surface area (Å²) in [5, 5.41) is 2.98. The molecular weight excluding hydrogens is 218 g/mol. The zero-order chi connectivity index (χ0) is 12.8. The van der Waals surface area contributed by atoms with Gasteiger partial charge in [-0.1, -0.05) is 13.3 Å². The van der Waals surface area contributed by atoms with E-state index >= 15 is 0 Å². The number of piperidine rings is 1. The predicted octanol–water partition coefficient (Wildman–Crippen LogP) is 0.0984. The Kier molecular flexibility index (Phi) is 5.41. The van der Waals surface area contributed by atoms with Crippen LogP contribution in [-0.4, -0.2) is 42.9 Å². The molecule has 1 fully saturated rings. The maximum absolute atomic E-state index is 11.8. The van der Waals surface area contributed by atoms with Gasteiger partial charge in [0.1, 0.15) is 0 Å². The third kappa shape index (κ3) is 4.34. The highest BCUT2D eigenvalue weighted by Gasteiger charge is 2.24. The monoisotopic (exact) mass is 241 g/mol. The summed E-state index contributed by atoms with van der Waals surface area (Å²) < 4.78 is 0. The van der Waals surface area contributed by atoms with E-state index in [1.807, 2.05) is 6.92 Å². The molecule has 17 heavy (non-hydrogen) atoms. The number of nitrogens with two attached hydrogens (primary N) is 1. The zero-order valence-electron chi connectivity index (χ0n) is 10.7. The fourth-order valence-electron chi connectivity index (χ4n) is 2.07. The number of likely N-dealkylation sites (tertiary alicyclic amines) is 1. The molecule has 0 saturated carbocycles. The predicted molar refractivity (Wildman–Crippen MR) is 66.3 cm³/mol. The molecule has 5 heteroatoms. The van der Waals surface area contributed by atoms with Gasteiger partial charge in [0.25, 0.3) is 0 Å². The Morgan fingerprint density at radius 3 is 2.88 bits per heavy atom. The standard InChI is InChI=1S/C12H23N3O2/c1-3-9(7-13)6-11(16)14-10-4-5-12(17)15(2)8-10/h9-10H,3-8,13H2,1-2H3,(H,14,16). The SMILES string of the molecule is CCC(CN)CC(=O)NC1CCC(=O)N(C)C1. The van der Waals surface area contributed by atoms with Crippen LogP contribution in [0.4, 0.5) is 0 Å². The van der Waals surface area contributed by atoms with Crippen LogP contribution in [0, 0.1) is 5.92 Å². The van der Waals surface area contributed by atoms with Gasteiger partial charge in [0, 0.05) is 32.5 Å². The van der Waals surface area contributed by atoms with E-state index in [4.69, 9.17) is 5.73 Å². The maximum atomic E-state index is 11.8. The van der Waals surface area contributed by atoms with Gasteiger partial charge in [0.05, 0.1) is 0 Å². The van der Waals surface area contributed by atoms with Crippen molar-refractivity contribution in [2.24, 2.45) is 11.7 Å². The highest BCUT2D eigenvalue weighted by atomic mass is 16.2. The van der Waals surface area contributed by atoms with Crippen LogP contribution in [0.3, 0.4) is 0 Å². The minimum Gasteiger partial charge on any atom is -0.352 e. The van der Waals surface area contributed by atoms with E-state index in [2.05, 4.69) is 5.32 Å². The largest absolute Gasteiger partial charge is 0.352 e. The first kappa shape index (κ1) is 14.0. The molecule has 1 aliphatic heterocycles. The van der Waals surface area contributed by atoms with Gasteiger partial charge < -0.3 is 16.0 Å². The van der Waals surface area contributed by atoms with E-state index in [9.17, 15) is 9.59 Å². The first-order chi connectivity index (χ1) is 8.06. The van der Waals surface area contributed by atoms with Crippen LogP contribution in [0.15, 0.2) is 0 Å². The molecule has 0 bridgehead atoms. The van der Waals surface area contributed by atoms with Gasteiger partial charge in [-0.05, 0) is 18.9 Å². The van der Waals surface area contributed by atoms with Crippen LogP contribution in [0.1, 0.15) is 32.6 Å². The molecule has 1 saturated heterocycles. The van der Waals surface area contributed by atoms with Gasteiger partial charge in [-0.2, -0.15) is 0 Å². The minimum atomic E-state index is 0.0510. The van der Waals surface area contributed by atoms with Gasteiger partial charge in [0.15, 0.2) is 0 Å². The molecule has 0 spiro atoms. The molecule has 2 atom stereocenters. The van der Waals surface area contributed by atoms with Crippen molar-refractivity contribution in [1.29, 1.82) is 0 Å². The molecule has 98 valence electrons. The van der Waals surface area contributed by atoms with Crippen molar-refractivity contribution in [2.75, 3.05) is 20.1 Å². The summed E-state index contributed by atoms with van der Waals surface area (Å²) >= 11 is 0. The summed E-state index contributed by atoms with van der Waals surface area (Å²) in [6, 6.07) is 0.0977. The number of amides is 2. The molecule has 1 heterocycles. The lowest BCUT2D eigenvalue weighted by molar-refractivity contribution is -0.134. The number of rotatable bonds is 5. The van der Waals surface area contributed by atoms with Crippen molar-refractivity contribution in [2.45, 2.75) is 38.6 Å². The highest BCUT2D eigenvalue weighted by molar-refractivity contribution is 5.79. The van der Waals surface area contributed by atoms with Crippen LogP contribution in [0.5, 0.6) is 0 Å². The second-order valence-electron chi connectivity index (χ2n) is 4.79. The van der Waals surface area contributed by atoms with Crippen LogP contribution < -0.4 is 11.1 Å². The smallest absolute Gasteiger partial charge is 0.222 e. The molecule has 0 aliphatic carbocycles. The van der Waals surface area contributed by atoms with Crippen LogP contribution in [0.25, 0.3) is 0 Å². The lowest BCUT2D eigenvalue weighted by Crippen LogP contribution is -2.48. The van der Waals surface area contributed by atoms with Gasteiger partial charge in [0.2, 0.25) is 11.8 Å². The maximum Gasteiger partial charge on any atom is 0.222 e. The second-order valence-corrected chi connectivity index (χ2v) is 4.79. The number of carbonyl (C=O) groups excluding carboxylic acids is 2. The fourth-order valence-corrected chi connectivity index (χ4v) is 2.07. The van der Waals surface area contributed by atoms with E-state index in [0.717, 1.165) is 12.8 Å². The minimum absolute atomic E-state index is 0.0510. The Balaban J connectivity index is 2.34. The fraction of sp³-hybridized carbons (Fsp3) is 0.833. The van der Waals surface area contributed by atoms with Crippen LogP contribution in [0.2, 0.25) is 0 Å². The summed E-state index contributed by atoms with van der Waals surface area (Å²) in [6.45, 7) is 3.20. The molecule has 1 aliphatic rings. The molecule has 1 rings (SSSR count). The van der Waals surface area contributed by atoms with Crippen molar-refractivity contribution < 1.29 is 9.59 Å². The molecular formula is C12H23N3O2. The molecule has 0 aromatic heterocycles. The van der Waals surface area contributed by atoms with E-state index in [1.165, 1.54) is 0 Å². The summed E-state index contributed by atoms with van der Waals surface area (Å²) in [5.41, 5.74) is 5.57. The van der Waals surface area contributed by atoms with Gasteiger partial charge in [-0.15, -0.1) is 0 Å². The van der Waals surface area contributed by atoms with E-state index in [1.54, 1.807) is 11.9 Å². The molecule has 0 aromatic carbocycles. The lowest BCUT2D eigenvalue weighted by Gasteiger charge is -2.30. The third-order valence-corrected chi connectivity index (χ3v) is 3.38. The lowest BCUT2D eigenvalue weighted by atomic mass is 10.0. The summed E-state index contributed by atoms with van der Waals surface area (Å²) in [5.74, 6) is 0.469. The topological polar surface area (TPSA) is 75.4 Å². The second kappa shape index (κ2) is 6.59. The Morgan fingerprint density at radius 1 is 1.65 bits per heavy atom. The Labute approximate surface area is 103 Å². The first-order valence-corrected chi connectivity index (χ1v) is 6.30. The van der Waals surface area contributed by atoms with E-state index < -0.39 is 0 Å². The summed E-state index contributed by atoms with van der Waals surface area (Å²) in [4.78, 5) is 24.7. The molecule has 0 radical (unpaired) electrons. The van der Waals surface area contributed by atoms with Crippen molar-refractivity contribution in [3.8, 4) is 0 Å². The average molecular weight is 241 g/mol. The molecule has 0 aromatic rings. The average Bonchev–Trinajstić information content (AvgIpc) is 2.31. The van der Waals surface area contributed by atoms with Gasteiger partial charge in [-0.3, -0.25) is 9.59 Å².